The second-order valence-corrected chi connectivity index (χ2v) is 11.4. The van der Waals surface area contributed by atoms with E-state index in [-0.39, 0.29) is 11.7 Å². The minimum Gasteiger partial charge on any atom is -0.378 e. The fourth-order valence-corrected chi connectivity index (χ4v) is 5.63. The number of ether oxygens (including phenoxy) is 1. The van der Waals surface area contributed by atoms with Crippen LogP contribution in [0.5, 0.6) is 0 Å². The molecule has 0 aromatic rings. The quantitative estimate of drug-likeness (QED) is 0.496. The highest BCUT2D eigenvalue weighted by molar-refractivity contribution is 8.07. The molecular weight excluding hydrogens is 373 g/mol. The summed E-state index contributed by atoms with van der Waals surface area (Å²) in [5, 5.41) is 0. The Morgan fingerprint density at radius 1 is 1.25 bits per heavy atom. The molecular formula is C13H27BO7P2S. The Balaban J connectivity index is 2.89. The fourth-order valence-electron chi connectivity index (χ4n) is 2.73. The molecule has 1 aliphatic carbocycles. The van der Waals surface area contributed by atoms with E-state index in [0.29, 0.717) is 6.42 Å². The van der Waals surface area contributed by atoms with Gasteiger partial charge in [-0.3, -0.25) is 4.57 Å². The maximum Gasteiger partial charge on any atom is 0.351 e. The summed E-state index contributed by atoms with van der Waals surface area (Å²) in [6.07, 6.45) is 1.38. The van der Waals surface area contributed by atoms with Gasteiger partial charge >= 0.3 is 14.3 Å². The number of rotatable bonds is 7. The molecule has 0 radical (unpaired) electrons. The molecule has 0 aromatic heterocycles. The summed E-state index contributed by atoms with van der Waals surface area (Å²) in [6.45, 7) is 1.92. The average molecular weight is 400 g/mol. The van der Waals surface area contributed by atoms with Gasteiger partial charge in [-0.2, -0.15) is 0 Å². The van der Waals surface area contributed by atoms with E-state index < -0.39 is 32.1 Å². The topological polar surface area (TPSA) is 94.5 Å². The van der Waals surface area contributed by atoms with Crippen LogP contribution >= 0.6 is 14.3 Å². The molecule has 6 atom stereocenters. The van der Waals surface area contributed by atoms with Crippen molar-refractivity contribution in [2.75, 3.05) is 14.2 Å². The lowest BCUT2D eigenvalue weighted by molar-refractivity contribution is -0.00962. The van der Waals surface area contributed by atoms with Crippen molar-refractivity contribution in [2.24, 2.45) is 5.92 Å². The van der Waals surface area contributed by atoms with Crippen LogP contribution < -0.4 is 0 Å². The summed E-state index contributed by atoms with van der Waals surface area (Å²) in [5.74, 6) is 1.03. The van der Waals surface area contributed by atoms with Gasteiger partial charge in [0.05, 0.1) is 17.8 Å². The van der Waals surface area contributed by atoms with Crippen LogP contribution in [0.3, 0.4) is 0 Å². The summed E-state index contributed by atoms with van der Waals surface area (Å²) in [6, 6.07) is 0. The van der Waals surface area contributed by atoms with Crippen molar-refractivity contribution in [3.8, 4) is 0 Å². The van der Waals surface area contributed by atoms with Gasteiger partial charge in [-0.25, -0.2) is 0 Å². The van der Waals surface area contributed by atoms with Gasteiger partial charge < -0.3 is 28.1 Å². The van der Waals surface area contributed by atoms with Crippen LogP contribution in [0.25, 0.3) is 0 Å². The highest BCUT2D eigenvalue weighted by atomic mass is 32.5. The standard InChI is InChI=1S/C13H27BO7P2S/c1-13(2,3)21-23(17,24)20-12-10(14)8-9(11(12)18-4)6-7-22(15,16)19-5/h6-7,9-12H,8,14H2,1-5H3,(H,15,16)(H,17,24)/b7-6+/t9-,10-,11+,12-,23?/m0/s1. The first-order valence-corrected chi connectivity index (χ1v) is 11.9. The summed E-state index contributed by atoms with van der Waals surface area (Å²) < 4.78 is 32.8. The van der Waals surface area contributed by atoms with Gasteiger partial charge in [-0.1, -0.05) is 6.08 Å². The SMILES string of the molecule is B[C@H]1C[C@H](/C=C/P(=O)(O)OC)[C@@H](OC)[C@H]1OP(O)(=S)OC(C)(C)C. The van der Waals surface area contributed by atoms with Crippen LogP contribution in [-0.4, -0.2) is 49.7 Å². The van der Waals surface area contributed by atoms with Gasteiger partial charge in [0.2, 0.25) is 0 Å². The Morgan fingerprint density at radius 3 is 2.29 bits per heavy atom. The van der Waals surface area contributed by atoms with Crippen LogP contribution in [0.15, 0.2) is 11.9 Å². The van der Waals surface area contributed by atoms with Gasteiger partial charge in [0.15, 0.2) is 0 Å². The van der Waals surface area contributed by atoms with Crippen molar-refractivity contribution in [1.82, 2.24) is 0 Å². The lowest BCUT2D eigenvalue weighted by atomic mass is 9.84. The summed E-state index contributed by atoms with van der Waals surface area (Å²) in [7, 11) is 0.917. The Bertz CT molecular complexity index is 551. The molecule has 0 bridgehead atoms. The molecule has 11 heteroatoms. The monoisotopic (exact) mass is 400 g/mol. The number of methoxy groups -OCH3 is 1. The maximum absolute atomic E-state index is 11.6. The zero-order chi connectivity index (χ0) is 18.8. The highest BCUT2D eigenvalue weighted by Crippen LogP contribution is 2.54. The third-order valence-corrected chi connectivity index (χ3v) is 6.49. The Labute approximate surface area is 149 Å². The Hall–Kier alpha value is 0.445. The molecule has 7 nitrogen and oxygen atoms in total. The average Bonchev–Trinajstić information content (AvgIpc) is 2.69. The van der Waals surface area contributed by atoms with Crippen LogP contribution in [0.4, 0.5) is 0 Å². The second-order valence-electron chi connectivity index (χ2n) is 6.91. The normalized spacial score (nSPS) is 33.5. The zero-order valence-electron chi connectivity index (χ0n) is 14.9. The third kappa shape index (κ3) is 6.98. The van der Waals surface area contributed by atoms with Crippen molar-refractivity contribution >= 4 is 34.0 Å². The molecule has 1 aliphatic rings. The van der Waals surface area contributed by atoms with Gasteiger partial charge in [0, 0.05) is 26.0 Å². The van der Waals surface area contributed by atoms with Gasteiger partial charge in [0.1, 0.15) is 7.85 Å². The second kappa shape index (κ2) is 8.42. The molecule has 0 aliphatic heterocycles. The van der Waals surface area contributed by atoms with Crippen LogP contribution in [0.2, 0.25) is 5.82 Å². The molecule has 0 spiro atoms. The third-order valence-electron chi connectivity index (χ3n) is 3.65. The molecule has 2 N–H and O–H groups in total. The maximum atomic E-state index is 11.6. The van der Waals surface area contributed by atoms with Crippen molar-refractivity contribution in [3.63, 3.8) is 0 Å². The van der Waals surface area contributed by atoms with Crippen LogP contribution in [0, 0.1) is 5.92 Å². The number of hydrogen-bond donors (Lipinski definition) is 2. The molecule has 0 saturated heterocycles. The predicted molar refractivity (Wildman–Crippen MR) is 99.4 cm³/mol. The van der Waals surface area contributed by atoms with Gasteiger partial charge in [-0.05, 0) is 44.8 Å². The van der Waals surface area contributed by atoms with E-state index in [1.54, 1.807) is 26.8 Å². The smallest absolute Gasteiger partial charge is 0.351 e. The molecule has 140 valence electrons. The summed E-state index contributed by atoms with van der Waals surface area (Å²) in [4.78, 5) is 19.8. The van der Waals surface area contributed by atoms with Crippen molar-refractivity contribution in [2.45, 2.75) is 50.8 Å². The van der Waals surface area contributed by atoms with Crippen LogP contribution in [-0.2, 0) is 34.7 Å². The van der Waals surface area contributed by atoms with Gasteiger partial charge in [-0.15, -0.1) is 0 Å². The van der Waals surface area contributed by atoms with E-state index >= 15 is 0 Å². The minimum atomic E-state index is -3.74. The van der Waals surface area contributed by atoms with E-state index in [4.69, 9.17) is 25.6 Å². The molecule has 0 amide bonds. The van der Waals surface area contributed by atoms with Crippen molar-refractivity contribution in [3.05, 3.63) is 11.9 Å². The molecule has 0 aromatic carbocycles. The molecule has 1 saturated carbocycles. The summed E-state index contributed by atoms with van der Waals surface area (Å²) >= 11 is 5.11. The fraction of sp³-hybridized carbons (Fsp3) is 0.846. The first kappa shape index (κ1) is 22.5. The van der Waals surface area contributed by atoms with Crippen molar-refractivity contribution in [1.29, 1.82) is 0 Å². The zero-order valence-corrected chi connectivity index (χ0v) is 17.5. The minimum absolute atomic E-state index is 0.0308. The van der Waals surface area contributed by atoms with E-state index in [2.05, 4.69) is 4.52 Å². The molecule has 24 heavy (non-hydrogen) atoms. The molecule has 2 unspecified atom stereocenters. The largest absolute Gasteiger partial charge is 0.378 e. The first-order chi connectivity index (χ1) is 10.8. The predicted octanol–water partition coefficient (Wildman–Crippen LogP) is 2.21. The lowest BCUT2D eigenvalue weighted by Crippen LogP contribution is -2.31. The van der Waals surface area contributed by atoms with E-state index in [0.717, 1.165) is 5.82 Å². The van der Waals surface area contributed by atoms with Gasteiger partial charge in [0.25, 0.3) is 0 Å². The lowest BCUT2D eigenvalue weighted by Gasteiger charge is -2.31. The van der Waals surface area contributed by atoms with E-state index in [1.165, 1.54) is 14.2 Å². The Kier molecular flexibility index (Phi) is 7.89. The summed E-state index contributed by atoms with van der Waals surface area (Å²) in [5.41, 5.74) is -0.629. The van der Waals surface area contributed by atoms with Crippen molar-refractivity contribution < 1.29 is 32.7 Å². The molecule has 1 rings (SSSR count). The van der Waals surface area contributed by atoms with E-state index in [1.807, 2.05) is 7.85 Å². The highest BCUT2D eigenvalue weighted by Gasteiger charge is 2.44. The van der Waals surface area contributed by atoms with Crippen LogP contribution in [0.1, 0.15) is 27.2 Å². The Morgan fingerprint density at radius 2 is 1.83 bits per heavy atom. The first-order valence-electron chi connectivity index (χ1n) is 7.62. The molecule has 1 fully saturated rings. The number of hydrogen-bond acceptors (Lipinski definition) is 6. The van der Waals surface area contributed by atoms with E-state index in [9.17, 15) is 14.4 Å². The molecule has 0 heterocycles.